The van der Waals surface area contributed by atoms with Crippen molar-refractivity contribution in [2.45, 2.75) is 63.6 Å². The summed E-state index contributed by atoms with van der Waals surface area (Å²) in [4.78, 5) is 18.1. The Morgan fingerprint density at radius 3 is 2.56 bits per heavy atom. The van der Waals surface area contributed by atoms with Crippen LogP contribution in [-0.2, 0) is 11.3 Å². The third-order valence-electron chi connectivity index (χ3n) is 6.61. The quantitative estimate of drug-likeness (QED) is 0.666. The van der Waals surface area contributed by atoms with Gasteiger partial charge in [0.1, 0.15) is 13.2 Å². The lowest BCUT2D eigenvalue weighted by Gasteiger charge is -2.32. The first-order valence-electron chi connectivity index (χ1n) is 11.8. The maximum absolute atomic E-state index is 12.9. The fraction of sp³-hybridized carbons (Fsp3) is 0.583. The number of fused-ring (bicyclic) bond motifs is 2. The lowest BCUT2D eigenvalue weighted by atomic mass is 9.96. The van der Waals surface area contributed by atoms with E-state index in [0.29, 0.717) is 54.5 Å². The molecular formula is C24H31N3O4S. The van der Waals surface area contributed by atoms with E-state index in [2.05, 4.69) is 15.2 Å². The monoisotopic (exact) mass is 457 g/mol. The average Bonchev–Trinajstić information content (AvgIpc) is 3.32. The van der Waals surface area contributed by atoms with Gasteiger partial charge in [0, 0.05) is 36.2 Å². The molecule has 0 bridgehead atoms. The molecule has 1 aromatic carbocycles. The van der Waals surface area contributed by atoms with Crippen molar-refractivity contribution < 1.29 is 14.2 Å². The number of nitrogens with one attached hydrogen (secondary N) is 2. The molecule has 172 valence electrons. The number of hydrogen-bond acceptors (Lipinski definition) is 5. The van der Waals surface area contributed by atoms with Crippen molar-refractivity contribution in [2.75, 3.05) is 26.4 Å². The van der Waals surface area contributed by atoms with Gasteiger partial charge in [-0.05, 0) is 50.0 Å². The molecule has 32 heavy (non-hydrogen) atoms. The average molecular weight is 458 g/mol. The van der Waals surface area contributed by atoms with E-state index in [4.69, 9.17) is 26.4 Å². The van der Waals surface area contributed by atoms with Gasteiger partial charge >= 0.3 is 0 Å². The normalized spacial score (nSPS) is 20.9. The fourth-order valence-corrected chi connectivity index (χ4v) is 5.18. The Balaban J connectivity index is 1.39. The zero-order chi connectivity index (χ0) is 21.9. The standard InChI is InChI=1S/C24H31N3O4S/c28-23-17(11-16-12-21-22(13-20(16)26-23)31-10-9-30-21)14-27(15-19-7-4-8-29-19)24(32)25-18-5-2-1-3-6-18/h11-13,18-19H,1-10,14-15H2,(H,25,32)(H,26,28)/t19-/m0/s1. The van der Waals surface area contributed by atoms with Gasteiger partial charge in [-0.3, -0.25) is 4.79 Å². The molecule has 3 heterocycles. The van der Waals surface area contributed by atoms with Crippen molar-refractivity contribution in [3.05, 3.63) is 34.1 Å². The molecule has 2 aromatic rings. The van der Waals surface area contributed by atoms with Gasteiger partial charge in [0.25, 0.3) is 5.56 Å². The molecule has 2 fully saturated rings. The minimum Gasteiger partial charge on any atom is -0.486 e. The molecule has 0 radical (unpaired) electrons. The third-order valence-corrected chi connectivity index (χ3v) is 6.99. The molecule has 1 aliphatic carbocycles. The van der Waals surface area contributed by atoms with Gasteiger partial charge < -0.3 is 29.4 Å². The largest absolute Gasteiger partial charge is 0.486 e. The van der Waals surface area contributed by atoms with Crippen LogP contribution in [0.4, 0.5) is 0 Å². The van der Waals surface area contributed by atoms with Crippen molar-refractivity contribution in [2.24, 2.45) is 0 Å². The summed E-state index contributed by atoms with van der Waals surface area (Å²) in [5.74, 6) is 1.39. The van der Waals surface area contributed by atoms with Crippen molar-refractivity contribution in [3.63, 3.8) is 0 Å². The van der Waals surface area contributed by atoms with Gasteiger partial charge in [0.05, 0.1) is 18.2 Å². The van der Waals surface area contributed by atoms with Crippen molar-refractivity contribution >= 4 is 28.2 Å². The highest BCUT2D eigenvalue weighted by molar-refractivity contribution is 7.80. The van der Waals surface area contributed by atoms with Crippen LogP contribution in [0.1, 0.15) is 50.5 Å². The van der Waals surface area contributed by atoms with E-state index in [1.165, 1.54) is 19.3 Å². The van der Waals surface area contributed by atoms with Crippen molar-refractivity contribution in [1.82, 2.24) is 15.2 Å². The zero-order valence-corrected chi connectivity index (χ0v) is 19.2. The predicted octanol–water partition coefficient (Wildman–Crippen LogP) is 3.49. The van der Waals surface area contributed by atoms with Crippen LogP contribution in [0.5, 0.6) is 11.5 Å². The molecule has 2 N–H and O–H groups in total. The number of H-pyrrole nitrogens is 1. The van der Waals surface area contributed by atoms with Gasteiger partial charge in [-0.1, -0.05) is 19.3 Å². The highest BCUT2D eigenvalue weighted by Crippen LogP contribution is 2.33. The molecule has 1 atom stereocenters. The van der Waals surface area contributed by atoms with Gasteiger partial charge in [-0.2, -0.15) is 0 Å². The van der Waals surface area contributed by atoms with Crippen LogP contribution in [0, 0.1) is 0 Å². The highest BCUT2D eigenvalue weighted by Gasteiger charge is 2.24. The summed E-state index contributed by atoms with van der Waals surface area (Å²) in [5.41, 5.74) is 1.32. The van der Waals surface area contributed by atoms with Crippen LogP contribution in [-0.4, -0.2) is 53.5 Å². The number of benzene rings is 1. The Morgan fingerprint density at radius 1 is 1.03 bits per heavy atom. The van der Waals surface area contributed by atoms with Crippen LogP contribution >= 0.6 is 12.2 Å². The second-order valence-corrected chi connectivity index (χ2v) is 9.39. The SMILES string of the molecule is O=c1[nH]c2cc3c(cc2cc1CN(C[C@@H]1CCCO1)C(=S)NC1CCCCC1)OCCO3. The minimum atomic E-state index is -0.105. The molecule has 1 saturated carbocycles. The van der Waals surface area contributed by atoms with E-state index in [9.17, 15) is 4.79 Å². The van der Waals surface area contributed by atoms with Crippen molar-refractivity contribution in [1.29, 1.82) is 0 Å². The van der Waals surface area contributed by atoms with Gasteiger partial charge in [0.15, 0.2) is 16.6 Å². The van der Waals surface area contributed by atoms with Crippen LogP contribution in [0.2, 0.25) is 0 Å². The molecule has 0 spiro atoms. The van der Waals surface area contributed by atoms with Crippen LogP contribution in [0.15, 0.2) is 23.0 Å². The number of hydrogen-bond donors (Lipinski definition) is 2. The summed E-state index contributed by atoms with van der Waals surface area (Å²) in [5, 5.41) is 5.20. The van der Waals surface area contributed by atoms with Gasteiger partial charge in [-0.25, -0.2) is 0 Å². The van der Waals surface area contributed by atoms with Crippen LogP contribution in [0.3, 0.4) is 0 Å². The Hall–Kier alpha value is -2.32. The van der Waals surface area contributed by atoms with Gasteiger partial charge in [-0.15, -0.1) is 0 Å². The maximum Gasteiger partial charge on any atom is 0.253 e. The summed E-state index contributed by atoms with van der Waals surface area (Å²) in [6.45, 7) is 2.98. The summed E-state index contributed by atoms with van der Waals surface area (Å²) < 4.78 is 17.2. The third kappa shape index (κ3) is 4.86. The Labute approximate surface area is 193 Å². The molecule has 5 rings (SSSR count). The Morgan fingerprint density at radius 2 is 1.81 bits per heavy atom. The number of ether oxygens (including phenoxy) is 3. The van der Waals surface area contributed by atoms with E-state index in [-0.39, 0.29) is 11.7 Å². The van der Waals surface area contributed by atoms with Crippen LogP contribution in [0.25, 0.3) is 10.9 Å². The highest BCUT2D eigenvalue weighted by atomic mass is 32.1. The molecular weight excluding hydrogens is 426 g/mol. The molecule has 0 unspecified atom stereocenters. The lowest BCUT2D eigenvalue weighted by Crippen LogP contribution is -2.47. The van der Waals surface area contributed by atoms with E-state index in [1.807, 2.05) is 18.2 Å². The summed E-state index contributed by atoms with van der Waals surface area (Å²) >= 11 is 5.82. The number of pyridine rings is 1. The van der Waals surface area contributed by atoms with E-state index < -0.39 is 0 Å². The summed E-state index contributed by atoms with van der Waals surface area (Å²) in [7, 11) is 0. The Bertz CT molecular complexity index is 1030. The van der Waals surface area contributed by atoms with E-state index in [0.717, 1.165) is 43.2 Å². The Kier molecular flexibility index (Phi) is 6.50. The lowest BCUT2D eigenvalue weighted by molar-refractivity contribution is 0.0894. The number of thiocarbonyl (C=S) groups is 1. The van der Waals surface area contributed by atoms with Crippen LogP contribution < -0.4 is 20.3 Å². The smallest absolute Gasteiger partial charge is 0.253 e. The molecule has 1 saturated heterocycles. The molecule has 1 aromatic heterocycles. The first-order valence-corrected chi connectivity index (χ1v) is 12.2. The first-order chi connectivity index (χ1) is 15.7. The number of rotatable bonds is 5. The molecule has 7 nitrogen and oxygen atoms in total. The number of aromatic amines is 1. The second-order valence-electron chi connectivity index (χ2n) is 9.01. The zero-order valence-electron chi connectivity index (χ0n) is 18.4. The van der Waals surface area contributed by atoms with Gasteiger partial charge in [0.2, 0.25) is 0 Å². The van der Waals surface area contributed by atoms with E-state index >= 15 is 0 Å². The fourth-order valence-electron chi connectivity index (χ4n) is 4.88. The second kappa shape index (κ2) is 9.67. The first kappa shape index (κ1) is 21.5. The molecule has 0 amide bonds. The van der Waals surface area contributed by atoms with Crippen molar-refractivity contribution in [3.8, 4) is 11.5 Å². The summed E-state index contributed by atoms with van der Waals surface area (Å²) in [6, 6.07) is 6.14. The molecule has 3 aliphatic rings. The molecule has 2 aliphatic heterocycles. The minimum absolute atomic E-state index is 0.105. The number of aromatic nitrogens is 1. The maximum atomic E-state index is 12.9. The number of nitrogens with zero attached hydrogens (tertiary/aromatic N) is 1. The molecule has 8 heteroatoms. The summed E-state index contributed by atoms with van der Waals surface area (Å²) in [6.07, 6.45) is 8.34. The topological polar surface area (TPSA) is 75.8 Å². The van der Waals surface area contributed by atoms with E-state index in [1.54, 1.807) is 0 Å². The predicted molar refractivity (Wildman–Crippen MR) is 128 cm³/mol.